The molecule has 1 aromatic carbocycles. The van der Waals surface area contributed by atoms with Crippen molar-refractivity contribution in [3.8, 4) is 11.5 Å². The van der Waals surface area contributed by atoms with E-state index in [1.807, 2.05) is 0 Å². The van der Waals surface area contributed by atoms with E-state index in [-0.39, 0.29) is 17.3 Å². The zero-order valence-electron chi connectivity index (χ0n) is 11.9. The molecule has 23 heavy (non-hydrogen) atoms. The van der Waals surface area contributed by atoms with E-state index in [0.717, 1.165) is 17.8 Å². The molecular weight excluding hydrogens is 322 g/mol. The summed E-state index contributed by atoms with van der Waals surface area (Å²) in [7, 11) is -3.88. The standard InChI is InChI=1S/C13H12N5O4S/c1-8-4-5-18-13(15-8)16-12(17-18)7-14-23(21,22)9-2-3-10(19)11(20)6-9/h2-4,6,14,19-20H,7H2,1H3. The van der Waals surface area contributed by atoms with Crippen LogP contribution in [0.5, 0.6) is 11.5 Å². The lowest BCUT2D eigenvalue weighted by molar-refractivity contribution is 0.402. The molecule has 3 rings (SSSR count). The van der Waals surface area contributed by atoms with E-state index in [9.17, 15) is 18.6 Å². The van der Waals surface area contributed by atoms with Gasteiger partial charge in [0.25, 0.3) is 5.78 Å². The Balaban J connectivity index is 1.81. The van der Waals surface area contributed by atoms with Gasteiger partial charge < -0.3 is 10.2 Å². The number of rotatable bonds is 4. The highest BCUT2D eigenvalue weighted by molar-refractivity contribution is 7.89. The molecule has 0 aliphatic carbocycles. The van der Waals surface area contributed by atoms with Crippen molar-refractivity contribution >= 4 is 15.8 Å². The van der Waals surface area contributed by atoms with Crippen LogP contribution in [0, 0.1) is 13.1 Å². The fourth-order valence-corrected chi connectivity index (χ4v) is 2.84. The average molecular weight is 334 g/mol. The van der Waals surface area contributed by atoms with Gasteiger partial charge in [-0.25, -0.2) is 18.1 Å². The molecule has 0 atom stereocenters. The van der Waals surface area contributed by atoms with E-state index < -0.39 is 21.5 Å². The Hall–Kier alpha value is -2.72. The summed E-state index contributed by atoms with van der Waals surface area (Å²) in [6.45, 7) is 1.63. The Morgan fingerprint density at radius 3 is 2.78 bits per heavy atom. The Morgan fingerprint density at radius 1 is 1.26 bits per heavy atom. The number of nitrogens with one attached hydrogen (secondary N) is 1. The third kappa shape index (κ3) is 3.07. The van der Waals surface area contributed by atoms with Crippen molar-refractivity contribution in [3.05, 3.63) is 42.0 Å². The molecule has 0 saturated carbocycles. The number of hydrogen-bond donors (Lipinski definition) is 3. The molecule has 9 nitrogen and oxygen atoms in total. The van der Waals surface area contributed by atoms with Crippen LogP contribution < -0.4 is 4.72 Å². The van der Waals surface area contributed by atoms with Gasteiger partial charge in [-0.2, -0.15) is 9.50 Å². The molecule has 0 aliphatic rings. The molecule has 3 aromatic rings. The van der Waals surface area contributed by atoms with E-state index >= 15 is 0 Å². The molecule has 0 spiro atoms. The summed E-state index contributed by atoms with van der Waals surface area (Å²) in [5.41, 5.74) is 0.719. The quantitative estimate of drug-likeness (QED) is 0.578. The van der Waals surface area contributed by atoms with E-state index in [1.165, 1.54) is 10.6 Å². The zero-order chi connectivity index (χ0) is 16.6. The number of phenols is 2. The lowest BCUT2D eigenvalue weighted by Gasteiger charge is -2.06. The molecule has 0 fully saturated rings. The number of fused-ring (bicyclic) bond motifs is 1. The monoisotopic (exact) mass is 334 g/mol. The number of sulfonamides is 1. The Bertz CT molecular complexity index is 983. The second-order valence-corrected chi connectivity index (χ2v) is 6.51. The molecule has 0 bridgehead atoms. The van der Waals surface area contributed by atoms with E-state index in [2.05, 4.69) is 26.0 Å². The maximum atomic E-state index is 12.1. The van der Waals surface area contributed by atoms with Crippen LogP contribution >= 0.6 is 0 Å². The van der Waals surface area contributed by atoms with Crippen LogP contribution in [0.4, 0.5) is 0 Å². The molecular formula is C13H12N5O4S. The van der Waals surface area contributed by atoms with Gasteiger partial charge in [0.2, 0.25) is 10.0 Å². The minimum atomic E-state index is -3.88. The molecule has 0 aliphatic heterocycles. The van der Waals surface area contributed by atoms with Crippen molar-refractivity contribution in [2.75, 3.05) is 0 Å². The van der Waals surface area contributed by atoms with E-state index in [4.69, 9.17) is 0 Å². The zero-order valence-corrected chi connectivity index (χ0v) is 12.7. The van der Waals surface area contributed by atoms with Gasteiger partial charge in [0.1, 0.15) is 0 Å². The number of hydrogen-bond acceptors (Lipinski definition) is 7. The van der Waals surface area contributed by atoms with Crippen LogP contribution in [0.3, 0.4) is 0 Å². The van der Waals surface area contributed by atoms with E-state index in [0.29, 0.717) is 5.78 Å². The molecule has 1 radical (unpaired) electrons. The first-order chi connectivity index (χ1) is 10.8. The number of aromatic nitrogens is 4. The summed E-state index contributed by atoms with van der Waals surface area (Å²) in [6.07, 6.45) is 2.82. The minimum Gasteiger partial charge on any atom is -0.504 e. The summed E-state index contributed by atoms with van der Waals surface area (Å²) in [6, 6.07) is 4.85. The van der Waals surface area contributed by atoms with Crippen molar-refractivity contribution in [1.82, 2.24) is 24.3 Å². The Morgan fingerprint density at radius 2 is 2.04 bits per heavy atom. The van der Waals surface area contributed by atoms with Gasteiger partial charge in [-0.1, -0.05) is 0 Å². The lowest BCUT2D eigenvalue weighted by Crippen LogP contribution is -2.23. The van der Waals surface area contributed by atoms with Crippen molar-refractivity contribution in [2.24, 2.45) is 0 Å². The predicted octanol–water partition coefficient (Wildman–Crippen LogP) is 0.123. The van der Waals surface area contributed by atoms with Gasteiger partial charge >= 0.3 is 0 Å². The highest BCUT2D eigenvalue weighted by atomic mass is 32.2. The van der Waals surface area contributed by atoms with Crippen molar-refractivity contribution in [3.63, 3.8) is 0 Å². The van der Waals surface area contributed by atoms with Crippen LogP contribution in [0.25, 0.3) is 5.78 Å². The van der Waals surface area contributed by atoms with Gasteiger partial charge in [-0.3, -0.25) is 0 Å². The van der Waals surface area contributed by atoms with E-state index in [1.54, 1.807) is 13.0 Å². The van der Waals surface area contributed by atoms with Crippen LogP contribution in [0.2, 0.25) is 0 Å². The normalized spacial score (nSPS) is 11.9. The maximum Gasteiger partial charge on any atom is 0.253 e. The molecule has 0 saturated heterocycles. The molecule has 10 heteroatoms. The summed E-state index contributed by atoms with van der Waals surface area (Å²) in [5.74, 6) is -0.372. The first-order valence-electron chi connectivity index (χ1n) is 6.48. The minimum absolute atomic E-state index is 0.153. The highest BCUT2D eigenvalue weighted by Crippen LogP contribution is 2.26. The van der Waals surface area contributed by atoms with Crippen molar-refractivity contribution < 1.29 is 18.6 Å². The lowest BCUT2D eigenvalue weighted by atomic mass is 10.3. The molecule has 3 N–H and O–H groups in total. The molecule has 0 unspecified atom stereocenters. The Labute approximate surface area is 131 Å². The van der Waals surface area contributed by atoms with Crippen molar-refractivity contribution in [2.45, 2.75) is 18.4 Å². The number of benzene rings is 1. The first-order valence-corrected chi connectivity index (χ1v) is 7.96. The largest absolute Gasteiger partial charge is 0.504 e. The predicted molar refractivity (Wildman–Crippen MR) is 78.2 cm³/mol. The molecule has 0 amide bonds. The summed E-state index contributed by atoms with van der Waals surface area (Å²) in [4.78, 5) is 8.05. The summed E-state index contributed by atoms with van der Waals surface area (Å²) >= 11 is 0. The topological polar surface area (TPSA) is 130 Å². The van der Waals surface area contributed by atoms with Gasteiger partial charge in [-0.15, -0.1) is 5.10 Å². The van der Waals surface area contributed by atoms with Crippen LogP contribution in [0.1, 0.15) is 11.5 Å². The second kappa shape index (κ2) is 5.48. The molecule has 2 aromatic heterocycles. The molecule has 119 valence electrons. The fraction of sp³-hybridized carbons (Fsp3) is 0.154. The van der Waals surface area contributed by atoms with Gasteiger partial charge in [0.05, 0.1) is 17.6 Å². The SMILES string of the molecule is Cc1c[c]n2nc(CNS(=O)(=O)c3ccc(O)c(O)c3)nc2n1. The van der Waals surface area contributed by atoms with Gasteiger partial charge in [-0.05, 0) is 25.1 Å². The number of phenolic OH excluding ortho intramolecular Hbond substituents is 2. The summed E-state index contributed by atoms with van der Waals surface area (Å²) in [5, 5.41) is 22.7. The first kappa shape index (κ1) is 15.2. The maximum absolute atomic E-state index is 12.1. The third-order valence-electron chi connectivity index (χ3n) is 2.98. The van der Waals surface area contributed by atoms with Crippen molar-refractivity contribution in [1.29, 1.82) is 0 Å². The number of nitrogens with zero attached hydrogens (tertiary/aromatic N) is 4. The van der Waals surface area contributed by atoms with Gasteiger partial charge in [0, 0.05) is 11.8 Å². The molecule has 2 heterocycles. The number of aromatic hydroxyl groups is 2. The fourth-order valence-electron chi connectivity index (χ4n) is 1.84. The smallest absolute Gasteiger partial charge is 0.253 e. The van der Waals surface area contributed by atoms with Crippen LogP contribution in [-0.4, -0.2) is 38.2 Å². The Kier molecular flexibility index (Phi) is 3.62. The second-order valence-electron chi connectivity index (χ2n) is 4.74. The number of aryl methyl sites for hydroxylation is 1. The highest BCUT2D eigenvalue weighted by Gasteiger charge is 2.17. The van der Waals surface area contributed by atoms with Gasteiger partial charge in [0.15, 0.2) is 17.3 Å². The summed E-state index contributed by atoms with van der Waals surface area (Å²) < 4.78 is 27.9. The average Bonchev–Trinajstić information content (AvgIpc) is 2.90. The van der Waals surface area contributed by atoms with Crippen LogP contribution in [0.15, 0.2) is 29.2 Å². The van der Waals surface area contributed by atoms with Crippen LogP contribution in [-0.2, 0) is 16.6 Å². The third-order valence-corrected chi connectivity index (χ3v) is 4.38.